The number of hydrogen-bond donors (Lipinski definition) is 1. The van der Waals surface area contributed by atoms with Gasteiger partial charge in [-0.15, -0.1) is 0 Å². The van der Waals surface area contributed by atoms with Crippen LogP contribution in [0.2, 0.25) is 0 Å². The number of methoxy groups -OCH3 is 1. The molecule has 1 heterocycles. The van der Waals surface area contributed by atoms with Crippen LogP contribution in [0.25, 0.3) is 0 Å². The molecular weight excluding hydrogens is 210 g/mol. The first kappa shape index (κ1) is 12.4. The summed E-state index contributed by atoms with van der Waals surface area (Å²) in [4.78, 5) is 0. The van der Waals surface area contributed by atoms with E-state index in [1.54, 1.807) is 7.11 Å². The number of ether oxygens (including phenoxy) is 1. The Morgan fingerprint density at radius 2 is 2.12 bits per heavy atom. The minimum absolute atomic E-state index is 0.461. The Balaban J connectivity index is 2.44. The quantitative estimate of drug-likeness (QED) is 0.863. The normalized spacial score (nSPS) is 23.6. The van der Waals surface area contributed by atoms with Crippen molar-refractivity contribution in [3.63, 3.8) is 0 Å². The average Bonchev–Trinajstić information content (AvgIpc) is 2.36. The zero-order valence-electron chi connectivity index (χ0n) is 11.3. The van der Waals surface area contributed by atoms with Crippen LogP contribution in [-0.2, 0) is 0 Å². The highest BCUT2D eigenvalue weighted by atomic mass is 16.5. The summed E-state index contributed by atoms with van der Waals surface area (Å²) in [5.74, 6) is 2.22. The van der Waals surface area contributed by atoms with Crippen LogP contribution < -0.4 is 10.1 Å². The Labute approximate surface area is 104 Å². The molecule has 0 bridgehead atoms. The molecule has 2 atom stereocenters. The summed E-state index contributed by atoms with van der Waals surface area (Å²) in [6.07, 6.45) is 1.19. The maximum absolute atomic E-state index is 5.35. The smallest absolute Gasteiger partial charge is 0.119 e. The van der Waals surface area contributed by atoms with Gasteiger partial charge in [0.25, 0.3) is 0 Å². The van der Waals surface area contributed by atoms with Gasteiger partial charge in [0, 0.05) is 12.6 Å². The summed E-state index contributed by atoms with van der Waals surface area (Å²) in [5.41, 5.74) is 2.93. The van der Waals surface area contributed by atoms with Crippen molar-refractivity contribution in [1.82, 2.24) is 5.32 Å². The predicted molar refractivity (Wildman–Crippen MR) is 71.6 cm³/mol. The van der Waals surface area contributed by atoms with E-state index in [-0.39, 0.29) is 0 Å². The second-order valence-corrected chi connectivity index (χ2v) is 5.23. The molecule has 1 aromatic carbocycles. The second-order valence-electron chi connectivity index (χ2n) is 5.23. The van der Waals surface area contributed by atoms with Crippen LogP contribution in [0.5, 0.6) is 5.75 Å². The van der Waals surface area contributed by atoms with E-state index in [0.717, 1.165) is 12.3 Å². The van der Waals surface area contributed by atoms with E-state index in [1.807, 2.05) is 0 Å². The van der Waals surface area contributed by atoms with Crippen LogP contribution in [-0.4, -0.2) is 13.7 Å². The van der Waals surface area contributed by atoms with E-state index in [9.17, 15) is 0 Å². The Morgan fingerprint density at radius 1 is 1.35 bits per heavy atom. The second kappa shape index (κ2) is 5.09. The summed E-state index contributed by atoms with van der Waals surface area (Å²) in [6.45, 7) is 7.90. The maximum Gasteiger partial charge on any atom is 0.119 e. The van der Waals surface area contributed by atoms with Crippen LogP contribution in [0.1, 0.15) is 50.3 Å². The summed E-state index contributed by atoms with van der Waals surface area (Å²) < 4.78 is 5.35. The summed E-state index contributed by atoms with van der Waals surface area (Å²) in [5, 5.41) is 3.67. The molecule has 2 unspecified atom stereocenters. The van der Waals surface area contributed by atoms with Gasteiger partial charge in [-0.3, -0.25) is 0 Å². The summed E-state index contributed by atoms with van der Waals surface area (Å²) >= 11 is 0. The third kappa shape index (κ3) is 2.32. The first-order chi connectivity index (χ1) is 8.17. The van der Waals surface area contributed by atoms with Gasteiger partial charge in [-0.05, 0) is 41.5 Å². The molecule has 17 heavy (non-hydrogen) atoms. The van der Waals surface area contributed by atoms with Gasteiger partial charge in [0.05, 0.1) is 7.11 Å². The summed E-state index contributed by atoms with van der Waals surface area (Å²) in [6, 6.07) is 7.00. The van der Waals surface area contributed by atoms with Crippen molar-refractivity contribution in [2.45, 2.75) is 39.2 Å². The van der Waals surface area contributed by atoms with Crippen molar-refractivity contribution >= 4 is 0 Å². The van der Waals surface area contributed by atoms with Crippen LogP contribution in [0.4, 0.5) is 0 Å². The monoisotopic (exact) mass is 233 g/mol. The zero-order valence-corrected chi connectivity index (χ0v) is 11.3. The van der Waals surface area contributed by atoms with Gasteiger partial charge in [-0.1, -0.05) is 26.8 Å². The number of rotatable bonds is 3. The zero-order chi connectivity index (χ0) is 12.4. The largest absolute Gasteiger partial charge is 0.497 e. The van der Waals surface area contributed by atoms with Gasteiger partial charge < -0.3 is 10.1 Å². The van der Waals surface area contributed by atoms with Crippen LogP contribution in [0.15, 0.2) is 18.2 Å². The SMILES string of the molecule is CCC1CNC(C(C)C)c2cc(OC)ccc21. The van der Waals surface area contributed by atoms with Gasteiger partial charge in [-0.2, -0.15) is 0 Å². The lowest BCUT2D eigenvalue weighted by Crippen LogP contribution is -2.35. The molecule has 0 fully saturated rings. The topological polar surface area (TPSA) is 21.3 Å². The van der Waals surface area contributed by atoms with E-state index in [4.69, 9.17) is 4.74 Å². The fourth-order valence-electron chi connectivity index (χ4n) is 2.77. The van der Waals surface area contributed by atoms with Crippen molar-refractivity contribution < 1.29 is 4.74 Å². The molecule has 1 aliphatic rings. The van der Waals surface area contributed by atoms with Crippen LogP contribution in [0, 0.1) is 5.92 Å². The molecule has 0 aliphatic carbocycles. The van der Waals surface area contributed by atoms with Crippen molar-refractivity contribution in [3.8, 4) is 5.75 Å². The molecule has 2 heteroatoms. The molecule has 2 nitrogen and oxygen atoms in total. The molecule has 2 rings (SSSR count). The number of hydrogen-bond acceptors (Lipinski definition) is 2. The molecule has 0 saturated carbocycles. The average molecular weight is 233 g/mol. The minimum Gasteiger partial charge on any atom is -0.497 e. The molecule has 0 saturated heterocycles. The van der Waals surface area contributed by atoms with E-state index in [1.165, 1.54) is 17.5 Å². The molecule has 94 valence electrons. The van der Waals surface area contributed by atoms with E-state index in [2.05, 4.69) is 44.3 Å². The van der Waals surface area contributed by atoms with Crippen molar-refractivity contribution in [2.75, 3.05) is 13.7 Å². The Bertz CT molecular complexity index is 387. The first-order valence-corrected chi connectivity index (χ1v) is 6.58. The van der Waals surface area contributed by atoms with Crippen molar-refractivity contribution in [3.05, 3.63) is 29.3 Å². The third-order valence-corrected chi connectivity index (χ3v) is 3.81. The van der Waals surface area contributed by atoms with Crippen LogP contribution in [0.3, 0.4) is 0 Å². The third-order valence-electron chi connectivity index (χ3n) is 3.81. The molecule has 1 N–H and O–H groups in total. The van der Waals surface area contributed by atoms with Crippen molar-refractivity contribution in [1.29, 1.82) is 0 Å². The molecular formula is C15H23NO. The minimum atomic E-state index is 0.461. The van der Waals surface area contributed by atoms with Gasteiger partial charge in [-0.25, -0.2) is 0 Å². The molecule has 0 spiro atoms. The van der Waals surface area contributed by atoms with Crippen molar-refractivity contribution in [2.24, 2.45) is 5.92 Å². The molecule has 1 aromatic rings. The maximum atomic E-state index is 5.35. The molecule has 1 aliphatic heterocycles. The fourth-order valence-corrected chi connectivity index (χ4v) is 2.77. The standard InChI is InChI=1S/C15H23NO/c1-5-11-9-16-15(10(2)3)14-8-12(17-4)6-7-13(11)14/h6-8,10-11,15-16H,5,9H2,1-4H3. The number of nitrogens with one attached hydrogen (secondary N) is 1. The highest BCUT2D eigenvalue weighted by Gasteiger charge is 2.27. The number of fused-ring (bicyclic) bond motifs is 1. The van der Waals surface area contributed by atoms with E-state index >= 15 is 0 Å². The lowest BCUT2D eigenvalue weighted by molar-refractivity contribution is 0.362. The van der Waals surface area contributed by atoms with E-state index in [0.29, 0.717) is 17.9 Å². The fraction of sp³-hybridized carbons (Fsp3) is 0.600. The summed E-state index contributed by atoms with van der Waals surface area (Å²) in [7, 11) is 1.74. The molecule has 0 amide bonds. The Hall–Kier alpha value is -1.02. The first-order valence-electron chi connectivity index (χ1n) is 6.58. The predicted octanol–water partition coefficient (Wildman–Crippen LogP) is 3.49. The highest BCUT2D eigenvalue weighted by molar-refractivity contribution is 5.41. The van der Waals surface area contributed by atoms with Gasteiger partial charge in [0.15, 0.2) is 0 Å². The van der Waals surface area contributed by atoms with Crippen LogP contribution >= 0.6 is 0 Å². The number of benzene rings is 1. The van der Waals surface area contributed by atoms with E-state index < -0.39 is 0 Å². The van der Waals surface area contributed by atoms with Gasteiger partial charge in [0.2, 0.25) is 0 Å². The lowest BCUT2D eigenvalue weighted by Gasteiger charge is -2.34. The Kier molecular flexibility index (Phi) is 3.72. The Morgan fingerprint density at radius 3 is 2.71 bits per heavy atom. The highest BCUT2D eigenvalue weighted by Crippen LogP contribution is 2.37. The molecule has 0 aromatic heterocycles. The van der Waals surface area contributed by atoms with Gasteiger partial charge >= 0.3 is 0 Å². The van der Waals surface area contributed by atoms with Gasteiger partial charge in [0.1, 0.15) is 5.75 Å². The molecule has 0 radical (unpaired) electrons. The lowest BCUT2D eigenvalue weighted by atomic mass is 9.81.